The Hall–Kier alpha value is -1.01. The summed E-state index contributed by atoms with van der Waals surface area (Å²) in [6.45, 7) is 1.61. The maximum Gasteiger partial charge on any atom is 0.222 e. The van der Waals surface area contributed by atoms with Gasteiger partial charge in [0.1, 0.15) is 0 Å². The largest absolute Gasteiger partial charge is 0.341 e. The van der Waals surface area contributed by atoms with Crippen LogP contribution in [-0.4, -0.2) is 29.9 Å². The van der Waals surface area contributed by atoms with Gasteiger partial charge in [-0.15, -0.1) is 12.3 Å². The van der Waals surface area contributed by atoms with Crippen LogP contribution in [0.2, 0.25) is 0 Å². The summed E-state index contributed by atoms with van der Waals surface area (Å²) in [6.07, 6.45) is 10.5. The monoisotopic (exact) mass is 208 g/mol. The van der Waals surface area contributed by atoms with Crippen LogP contribution in [0.5, 0.6) is 0 Å². The number of unbranched alkanes of at least 4 members (excludes halogenated alkanes) is 2. The van der Waals surface area contributed by atoms with Crippen molar-refractivity contribution in [2.24, 2.45) is 5.73 Å². The molecule has 1 amide bonds. The highest BCUT2D eigenvalue weighted by Crippen LogP contribution is 2.11. The highest BCUT2D eigenvalue weighted by atomic mass is 16.2. The molecule has 84 valence electrons. The second kappa shape index (κ2) is 6.47. The molecule has 0 aromatic rings. The molecule has 0 aliphatic carbocycles. The van der Waals surface area contributed by atoms with Crippen LogP contribution in [-0.2, 0) is 4.79 Å². The quantitative estimate of drug-likeness (QED) is 0.556. The molecule has 1 aliphatic rings. The van der Waals surface area contributed by atoms with Gasteiger partial charge in [0.05, 0.1) is 0 Å². The van der Waals surface area contributed by atoms with E-state index in [4.69, 9.17) is 12.2 Å². The Labute approximate surface area is 92.0 Å². The van der Waals surface area contributed by atoms with E-state index in [0.29, 0.717) is 6.42 Å². The Morgan fingerprint density at radius 1 is 1.53 bits per heavy atom. The lowest BCUT2D eigenvalue weighted by Crippen LogP contribution is -2.45. The van der Waals surface area contributed by atoms with Crippen molar-refractivity contribution in [2.45, 2.75) is 44.6 Å². The van der Waals surface area contributed by atoms with E-state index >= 15 is 0 Å². The van der Waals surface area contributed by atoms with Crippen molar-refractivity contribution in [3.05, 3.63) is 0 Å². The summed E-state index contributed by atoms with van der Waals surface area (Å²) < 4.78 is 0. The van der Waals surface area contributed by atoms with E-state index in [0.717, 1.165) is 45.2 Å². The lowest BCUT2D eigenvalue weighted by Gasteiger charge is -2.30. The molecule has 0 saturated carbocycles. The van der Waals surface area contributed by atoms with Crippen molar-refractivity contribution in [1.82, 2.24) is 4.90 Å². The Morgan fingerprint density at radius 2 is 2.33 bits per heavy atom. The Kier molecular flexibility index (Phi) is 5.20. The second-order valence-electron chi connectivity index (χ2n) is 4.15. The van der Waals surface area contributed by atoms with E-state index in [1.54, 1.807) is 0 Å². The van der Waals surface area contributed by atoms with Gasteiger partial charge in [-0.1, -0.05) is 0 Å². The van der Waals surface area contributed by atoms with Crippen LogP contribution in [0.25, 0.3) is 0 Å². The summed E-state index contributed by atoms with van der Waals surface area (Å²) in [7, 11) is 0. The average Bonchev–Trinajstić information content (AvgIpc) is 2.24. The van der Waals surface area contributed by atoms with Gasteiger partial charge >= 0.3 is 0 Å². The summed E-state index contributed by atoms with van der Waals surface area (Å²) >= 11 is 0. The van der Waals surface area contributed by atoms with Gasteiger partial charge < -0.3 is 10.6 Å². The number of carbonyl (C=O) groups excluding carboxylic acids is 1. The molecule has 1 unspecified atom stereocenters. The molecule has 1 aliphatic heterocycles. The van der Waals surface area contributed by atoms with Gasteiger partial charge in [0.25, 0.3) is 0 Å². The molecule has 0 aromatic heterocycles. The molecule has 1 atom stereocenters. The Balaban J connectivity index is 2.18. The minimum Gasteiger partial charge on any atom is -0.341 e. The van der Waals surface area contributed by atoms with Crippen molar-refractivity contribution in [1.29, 1.82) is 0 Å². The highest BCUT2D eigenvalue weighted by molar-refractivity contribution is 5.76. The van der Waals surface area contributed by atoms with Gasteiger partial charge in [0.15, 0.2) is 0 Å². The first-order valence-corrected chi connectivity index (χ1v) is 5.71. The average molecular weight is 208 g/mol. The number of amides is 1. The number of terminal acetylenes is 1. The predicted octanol–water partition coefficient (Wildman–Crippen LogP) is 1.13. The van der Waals surface area contributed by atoms with Crippen LogP contribution in [0, 0.1) is 12.3 Å². The number of likely N-dealkylation sites (tertiary alicyclic amines) is 1. The van der Waals surface area contributed by atoms with Crippen LogP contribution in [0.15, 0.2) is 0 Å². The van der Waals surface area contributed by atoms with Crippen molar-refractivity contribution in [3.63, 3.8) is 0 Å². The maximum absolute atomic E-state index is 11.7. The molecule has 0 bridgehead atoms. The summed E-state index contributed by atoms with van der Waals surface area (Å²) in [5.41, 5.74) is 5.82. The van der Waals surface area contributed by atoms with E-state index in [1.165, 1.54) is 0 Å². The topological polar surface area (TPSA) is 46.3 Å². The molecule has 1 saturated heterocycles. The van der Waals surface area contributed by atoms with Crippen LogP contribution in [0.3, 0.4) is 0 Å². The zero-order valence-corrected chi connectivity index (χ0v) is 9.24. The van der Waals surface area contributed by atoms with Gasteiger partial charge in [-0.2, -0.15) is 0 Å². The van der Waals surface area contributed by atoms with E-state index in [-0.39, 0.29) is 11.9 Å². The standard InChI is InChI=1S/C12H20N2O/c1-2-3-4-5-8-12(15)14-9-6-7-11(13)10-14/h1,11H,3-10,13H2. The Morgan fingerprint density at radius 3 is 3.00 bits per heavy atom. The third-order valence-electron chi connectivity index (χ3n) is 2.77. The molecule has 1 heterocycles. The van der Waals surface area contributed by atoms with Crippen LogP contribution < -0.4 is 5.73 Å². The molecule has 15 heavy (non-hydrogen) atoms. The lowest BCUT2D eigenvalue weighted by molar-refractivity contribution is -0.132. The highest BCUT2D eigenvalue weighted by Gasteiger charge is 2.20. The fraction of sp³-hybridized carbons (Fsp3) is 0.750. The van der Waals surface area contributed by atoms with Crippen molar-refractivity contribution >= 4 is 5.91 Å². The SMILES string of the molecule is C#CCCCCC(=O)N1CCCC(N)C1. The van der Waals surface area contributed by atoms with Gasteiger partial charge in [-0.3, -0.25) is 4.79 Å². The van der Waals surface area contributed by atoms with Crippen LogP contribution in [0.4, 0.5) is 0 Å². The molecule has 2 N–H and O–H groups in total. The number of nitrogens with two attached hydrogens (primary N) is 1. The molecule has 0 aromatic carbocycles. The first-order valence-electron chi connectivity index (χ1n) is 5.71. The van der Waals surface area contributed by atoms with Gasteiger partial charge in [0, 0.05) is 32.0 Å². The molecule has 1 fully saturated rings. The number of carbonyl (C=O) groups is 1. The van der Waals surface area contributed by atoms with Gasteiger partial charge in [-0.05, 0) is 25.7 Å². The molecular formula is C12H20N2O. The molecule has 3 nitrogen and oxygen atoms in total. The molecule has 3 heteroatoms. The molecule has 1 rings (SSSR count). The smallest absolute Gasteiger partial charge is 0.222 e. The third-order valence-corrected chi connectivity index (χ3v) is 2.77. The summed E-state index contributed by atoms with van der Waals surface area (Å²) in [4.78, 5) is 13.6. The fourth-order valence-corrected chi connectivity index (χ4v) is 1.90. The maximum atomic E-state index is 11.7. The van der Waals surface area contributed by atoms with E-state index < -0.39 is 0 Å². The number of piperidine rings is 1. The van der Waals surface area contributed by atoms with Crippen molar-refractivity contribution in [2.75, 3.05) is 13.1 Å². The lowest BCUT2D eigenvalue weighted by atomic mass is 10.1. The van der Waals surface area contributed by atoms with Crippen molar-refractivity contribution in [3.8, 4) is 12.3 Å². The van der Waals surface area contributed by atoms with E-state index in [1.807, 2.05) is 4.90 Å². The molecular weight excluding hydrogens is 188 g/mol. The number of hydrogen-bond donors (Lipinski definition) is 1. The minimum absolute atomic E-state index is 0.174. The van der Waals surface area contributed by atoms with Gasteiger partial charge in [-0.25, -0.2) is 0 Å². The zero-order valence-electron chi connectivity index (χ0n) is 9.24. The summed E-state index contributed by atoms with van der Waals surface area (Å²) in [6, 6.07) is 0.174. The number of hydrogen-bond acceptors (Lipinski definition) is 2. The van der Waals surface area contributed by atoms with Crippen LogP contribution in [0.1, 0.15) is 38.5 Å². The predicted molar refractivity (Wildman–Crippen MR) is 61.1 cm³/mol. The first kappa shape index (κ1) is 12.1. The second-order valence-corrected chi connectivity index (χ2v) is 4.15. The third kappa shape index (κ3) is 4.35. The number of nitrogens with zero attached hydrogens (tertiary/aromatic N) is 1. The van der Waals surface area contributed by atoms with Gasteiger partial charge in [0.2, 0.25) is 5.91 Å². The molecule has 0 radical (unpaired) electrons. The summed E-state index contributed by atoms with van der Waals surface area (Å²) in [5.74, 6) is 2.82. The first-order chi connectivity index (χ1) is 7.24. The number of rotatable bonds is 4. The fourth-order valence-electron chi connectivity index (χ4n) is 1.90. The summed E-state index contributed by atoms with van der Waals surface area (Å²) in [5, 5.41) is 0. The normalized spacial score (nSPS) is 21.1. The minimum atomic E-state index is 0.174. The van der Waals surface area contributed by atoms with Crippen LogP contribution >= 0.6 is 0 Å². The van der Waals surface area contributed by atoms with E-state index in [2.05, 4.69) is 5.92 Å². The van der Waals surface area contributed by atoms with E-state index in [9.17, 15) is 4.79 Å². The van der Waals surface area contributed by atoms with Crippen molar-refractivity contribution < 1.29 is 4.79 Å². The zero-order chi connectivity index (χ0) is 11.1. The Bertz CT molecular complexity index is 244. The molecule has 0 spiro atoms.